The quantitative estimate of drug-likeness (QED) is 0.379. The highest BCUT2D eigenvalue weighted by molar-refractivity contribution is 8.67. The second-order valence-electron chi connectivity index (χ2n) is 2.01. The monoisotopic (exact) mass is 165 g/mol. The van der Waals surface area contributed by atoms with Crippen LogP contribution < -0.4 is 0 Å². The lowest BCUT2D eigenvalue weighted by atomic mass is 10.4. The molecule has 0 unspecified atom stereocenters. The summed E-state index contributed by atoms with van der Waals surface area (Å²) in [6.07, 6.45) is 2.43. The van der Waals surface area contributed by atoms with Gasteiger partial charge in [0.1, 0.15) is 0 Å². The molecule has 0 aliphatic carbocycles. The first kappa shape index (κ1) is 9.66. The third-order valence-corrected chi connectivity index (χ3v) is 2.35. The van der Waals surface area contributed by atoms with Crippen molar-refractivity contribution < 1.29 is 0 Å². The van der Waals surface area contributed by atoms with E-state index in [1.807, 2.05) is 0 Å². The van der Waals surface area contributed by atoms with Crippen LogP contribution in [-0.4, -0.2) is 17.4 Å². The van der Waals surface area contributed by atoms with Gasteiger partial charge >= 0.3 is 0 Å². The zero-order valence-corrected chi connectivity index (χ0v) is 7.84. The summed E-state index contributed by atoms with van der Waals surface area (Å²) in [4.78, 5) is 0. The van der Waals surface area contributed by atoms with Crippen molar-refractivity contribution in [1.29, 1.82) is 0 Å². The molecule has 0 aliphatic heterocycles. The van der Waals surface area contributed by atoms with E-state index >= 15 is 0 Å². The molecule has 0 aromatic heterocycles. The average molecular weight is 165 g/mol. The average Bonchev–Trinajstić information content (AvgIpc) is 1.88. The predicted molar refractivity (Wildman–Crippen MR) is 48.7 cm³/mol. The molecule has 0 aromatic rings. The number of hydrogen-bond donors (Lipinski definition) is 1. The van der Waals surface area contributed by atoms with Crippen molar-refractivity contribution in [2.75, 3.05) is 13.1 Å². The van der Waals surface area contributed by atoms with Gasteiger partial charge in [-0.15, -0.1) is 0 Å². The molecule has 0 spiro atoms. The normalized spacial score (nSPS) is 10.7. The van der Waals surface area contributed by atoms with Gasteiger partial charge in [0, 0.05) is 13.1 Å². The van der Waals surface area contributed by atoms with Crippen LogP contribution in [0.1, 0.15) is 26.7 Å². The van der Waals surface area contributed by atoms with E-state index in [1.165, 1.54) is 12.8 Å². The molecule has 3 heteroatoms. The lowest BCUT2D eigenvalue weighted by molar-refractivity contribution is 0.472. The second kappa shape index (κ2) is 6.78. The summed E-state index contributed by atoms with van der Waals surface area (Å²) in [7, 11) is 1.55. The SMILES string of the molecule is CCCN(CCC)SS. The van der Waals surface area contributed by atoms with Crippen LogP contribution >= 0.6 is 22.6 Å². The molecule has 9 heavy (non-hydrogen) atoms. The fourth-order valence-corrected chi connectivity index (χ4v) is 1.71. The molecule has 0 radical (unpaired) electrons. The smallest absolute Gasteiger partial charge is 0.00945 e. The molecular weight excluding hydrogens is 150 g/mol. The van der Waals surface area contributed by atoms with Crippen molar-refractivity contribution in [3.63, 3.8) is 0 Å². The fraction of sp³-hybridized carbons (Fsp3) is 1.00. The molecule has 0 aromatic carbocycles. The number of hydrogen-bond acceptors (Lipinski definition) is 3. The van der Waals surface area contributed by atoms with Gasteiger partial charge in [0.05, 0.1) is 0 Å². The molecule has 0 N–H and O–H groups in total. The Morgan fingerprint density at radius 3 is 1.89 bits per heavy atom. The minimum atomic E-state index is 1.15. The van der Waals surface area contributed by atoms with Crippen LogP contribution in [0.25, 0.3) is 0 Å². The highest BCUT2D eigenvalue weighted by Gasteiger charge is 1.97. The first-order chi connectivity index (χ1) is 4.35. The van der Waals surface area contributed by atoms with E-state index in [0.717, 1.165) is 13.1 Å². The Balaban J connectivity index is 3.18. The van der Waals surface area contributed by atoms with Gasteiger partial charge in [-0.05, 0) is 23.8 Å². The molecule has 0 fully saturated rings. The number of rotatable bonds is 5. The summed E-state index contributed by atoms with van der Waals surface area (Å²) in [6.45, 7) is 6.68. The van der Waals surface area contributed by atoms with Crippen molar-refractivity contribution in [2.24, 2.45) is 0 Å². The first-order valence-corrected chi connectivity index (χ1v) is 5.24. The minimum Gasteiger partial charge on any atom is -0.241 e. The van der Waals surface area contributed by atoms with Crippen molar-refractivity contribution in [1.82, 2.24) is 4.31 Å². The highest BCUT2D eigenvalue weighted by atomic mass is 33.1. The van der Waals surface area contributed by atoms with E-state index in [0.29, 0.717) is 0 Å². The second-order valence-corrected chi connectivity index (χ2v) is 3.18. The highest BCUT2D eigenvalue weighted by Crippen LogP contribution is 2.13. The van der Waals surface area contributed by atoms with Gasteiger partial charge < -0.3 is 0 Å². The summed E-state index contributed by atoms with van der Waals surface area (Å²) in [5.74, 6) is 0. The Bertz CT molecular complexity index is 53.0. The van der Waals surface area contributed by atoms with E-state index in [9.17, 15) is 0 Å². The number of nitrogens with zero attached hydrogens (tertiary/aromatic N) is 1. The first-order valence-electron chi connectivity index (χ1n) is 3.41. The summed E-state index contributed by atoms with van der Waals surface area (Å²) < 4.78 is 2.27. The Morgan fingerprint density at radius 1 is 1.22 bits per heavy atom. The molecule has 0 atom stereocenters. The van der Waals surface area contributed by atoms with E-state index in [1.54, 1.807) is 11.0 Å². The van der Waals surface area contributed by atoms with Gasteiger partial charge in [-0.2, -0.15) is 0 Å². The summed E-state index contributed by atoms with van der Waals surface area (Å²) >= 11 is 4.13. The maximum absolute atomic E-state index is 4.13. The van der Waals surface area contributed by atoms with Crippen molar-refractivity contribution >= 4 is 22.6 Å². The molecule has 0 rings (SSSR count). The Morgan fingerprint density at radius 2 is 1.67 bits per heavy atom. The van der Waals surface area contributed by atoms with Gasteiger partial charge in [0.25, 0.3) is 0 Å². The van der Waals surface area contributed by atoms with Gasteiger partial charge in [0.15, 0.2) is 0 Å². The Kier molecular flexibility index (Phi) is 7.27. The number of thiol groups is 1. The summed E-state index contributed by atoms with van der Waals surface area (Å²) in [6, 6.07) is 0. The molecule has 0 heterocycles. The molecule has 0 saturated heterocycles. The zero-order chi connectivity index (χ0) is 7.11. The van der Waals surface area contributed by atoms with Gasteiger partial charge in [-0.3, -0.25) is 0 Å². The fourth-order valence-electron chi connectivity index (χ4n) is 0.692. The molecule has 0 aliphatic rings. The minimum absolute atomic E-state index is 1.15. The van der Waals surface area contributed by atoms with Crippen LogP contribution in [0.15, 0.2) is 0 Å². The van der Waals surface area contributed by atoms with Crippen LogP contribution in [0.4, 0.5) is 0 Å². The van der Waals surface area contributed by atoms with E-state index in [-0.39, 0.29) is 0 Å². The Labute approximate surface area is 67.1 Å². The van der Waals surface area contributed by atoms with E-state index in [2.05, 4.69) is 29.8 Å². The lowest BCUT2D eigenvalue weighted by Gasteiger charge is -2.15. The zero-order valence-electron chi connectivity index (χ0n) is 6.13. The maximum Gasteiger partial charge on any atom is 0.00945 e. The van der Waals surface area contributed by atoms with Crippen LogP contribution in [0.3, 0.4) is 0 Å². The predicted octanol–water partition coefficient (Wildman–Crippen LogP) is 2.60. The third-order valence-electron chi connectivity index (χ3n) is 1.06. The Hall–Kier alpha value is 0.660. The van der Waals surface area contributed by atoms with Crippen molar-refractivity contribution in [2.45, 2.75) is 26.7 Å². The van der Waals surface area contributed by atoms with E-state index < -0.39 is 0 Å². The topological polar surface area (TPSA) is 3.24 Å². The van der Waals surface area contributed by atoms with Crippen LogP contribution in [-0.2, 0) is 0 Å². The van der Waals surface area contributed by atoms with Crippen molar-refractivity contribution in [3.05, 3.63) is 0 Å². The lowest BCUT2D eigenvalue weighted by Crippen LogP contribution is -2.15. The van der Waals surface area contributed by atoms with Gasteiger partial charge in [0.2, 0.25) is 0 Å². The van der Waals surface area contributed by atoms with Crippen LogP contribution in [0.2, 0.25) is 0 Å². The van der Waals surface area contributed by atoms with Crippen LogP contribution in [0, 0.1) is 0 Å². The molecule has 0 amide bonds. The standard InChI is InChI=1S/C6H15NS2/c1-3-5-7(9-8)6-4-2/h8H,3-6H2,1-2H3. The molecule has 1 nitrogen and oxygen atoms in total. The molecular formula is C6H15NS2. The third kappa shape index (κ3) is 5.12. The molecule has 0 bridgehead atoms. The van der Waals surface area contributed by atoms with Crippen molar-refractivity contribution in [3.8, 4) is 0 Å². The summed E-state index contributed by atoms with van der Waals surface area (Å²) in [5.41, 5.74) is 0. The summed E-state index contributed by atoms with van der Waals surface area (Å²) in [5, 5.41) is 0. The molecule has 0 saturated carbocycles. The van der Waals surface area contributed by atoms with Crippen LogP contribution in [0.5, 0.6) is 0 Å². The molecule has 56 valence electrons. The largest absolute Gasteiger partial charge is 0.241 e. The maximum atomic E-state index is 4.13. The van der Waals surface area contributed by atoms with E-state index in [4.69, 9.17) is 0 Å². The van der Waals surface area contributed by atoms with Gasteiger partial charge in [-0.1, -0.05) is 25.5 Å². The van der Waals surface area contributed by atoms with Gasteiger partial charge in [-0.25, -0.2) is 4.31 Å².